The van der Waals surface area contributed by atoms with Crippen molar-refractivity contribution in [3.05, 3.63) is 36.0 Å². The fourth-order valence-electron chi connectivity index (χ4n) is 1.61. The van der Waals surface area contributed by atoms with E-state index in [-0.39, 0.29) is 0 Å². The average molecular weight is 218 g/mol. The van der Waals surface area contributed by atoms with Crippen LogP contribution in [0.4, 0.5) is 0 Å². The van der Waals surface area contributed by atoms with Crippen LogP contribution in [0.25, 0.3) is 10.9 Å². The first-order valence-electron chi connectivity index (χ1n) is 4.54. The first-order valence-corrected chi connectivity index (χ1v) is 4.94. The van der Waals surface area contributed by atoms with Crippen LogP contribution in [0.2, 0.25) is 0 Å². The van der Waals surface area contributed by atoms with Gasteiger partial charge in [-0.1, -0.05) is 18.2 Å². The van der Waals surface area contributed by atoms with Crippen molar-refractivity contribution in [1.29, 1.82) is 0 Å². The molecule has 1 heterocycles. The van der Waals surface area contributed by atoms with Gasteiger partial charge in [-0.15, -0.1) is 0 Å². The number of hydrogen-bond acceptors (Lipinski definition) is 3. The van der Waals surface area contributed by atoms with Gasteiger partial charge in [0.25, 0.3) is 0 Å². The van der Waals surface area contributed by atoms with Gasteiger partial charge in [0.05, 0.1) is 17.2 Å². The van der Waals surface area contributed by atoms with Gasteiger partial charge in [0.2, 0.25) is 0 Å². The van der Waals surface area contributed by atoms with Crippen LogP contribution in [0.15, 0.2) is 35.5 Å². The molecule has 2 aromatic rings. The van der Waals surface area contributed by atoms with Crippen molar-refractivity contribution in [2.24, 2.45) is 4.99 Å². The molecule has 1 aromatic heterocycles. The van der Waals surface area contributed by atoms with E-state index < -0.39 is 0 Å². The largest absolute Gasteiger partial charge is 0.417 e. The second-order valence-corrected chi connectivity index (χ2v) is 3.27. The molecule has 2 rings (SSSR count). The third-order valence-corrected chi connectivity index (χ3v) is 2.40. The summed E-state index contributed by atoms with van der Waals surface area (Å²) in [7, 11) is 1.64. The normalized spacial score (nSPS) is 9.93. The number of aliphatic imine (C=N–C) groups is 1. The summed E-state index contributed by atoms with van der Waals surface area (Å²) in [5.41, 5.74) is 2.12. The molecule has 4 heteroatoms. The van der Waals surface area contributed by atoms with Crippen LogP contribution in [-0.4, -0.2) is 17.0 Å². The molecule has 0 spiro atoms. The molecule has 0 N–H and O–H groups in total. The Morgan fingerprint density at radius 3 is 3.00 bits per heavy atom. The van der Waals surface area contributed by atoms with Crippen molar-refractivity contribution in [3.8, 4) is 0 Å². The van der Waals surface area contributed by atoms with E-state index in [0.29, 0.717) is 6.54 Å². The summed E-state index contributed by atoms with van der Waals surface area (Å²) in [6, 6.07) is 8.01. The summed E-state index contributed by atoms with van der Waals surface area (Å²) in [6.45, 7) is 0.542. The summed E-state index contributed by atoms with van der Waals surface area (Å²) in [4.78, 5) is 9.15. The van der Waals surface area contributed by atoms with Crippen molar-refractivity contribution in [2.45, 2.75) is 6.54 Å². The Kier molecular flexibility index (Phi) is 2.81. The molecule has 0 aliphatic rings. The molecular formula is C11H10N2OS. The molecule has 15 heavy (non-hydrogen) atoms. The summed E-state index contributed by atoms with van der Waals surface area (Å²) in [5, 5.41) is 3.50. The highest BCUT2D eigenvalue weighted by Gasteiger charge is 2.06. The van der Waals surface area contributed by atoms with E-state index in [0.717, 1.165) is 16.5 Å². The number of para-hydroxylation sites is 1. The fraction of sp³-hybridized carbons (Fsp3) is 0.182. The number of hydrogen-bond donors (Lipinski definition) is 0. The number of benzene rings is 1. The zero-order chi connectivity index (χ0) is 10.7. The summed E-state index contributed by atoms with van der Waals surface area (Å²) >= 11 is 4.55. The van der Waals surface area contributed by atoms with Crippen LogP contribution < -0.4 is 4.84 Å². The first-order chi connectivity index (χ1) is 7.36. The Morgan fingerprint density at radius 1 is 1.47 bits per heavy atom. The SMILES string of the molecule is COn1cc(CN=C=S)c2ccccc21. The molecule has 76 valence electrons. The zero-order valence-corrected chi connectivity index (χ0v) is 9.12. The molecular weight excluding hydrogens is 208 g/mol. The van der Waals surface area contributed by atoms with Crippen molar-refractivity contribution >= 4 is 28.3 Å². The number of nitrogens with zero attached hydrogens (tertiary/aromatic N) is 2. The lowest BCUT2D eigenvalue weighted by Crippen LogP contribution is -2.02. The lowest BCUT2D eigenvalue weighted by atomic mass is 10.2. The van der Waals surface area contributed by atoms with E-state index in [1.54, 1.807) is 11.8 Å². The number of rotatable bonds is 3. The van der Waals surface area contributed by atoms with Crippen molar-refractivity contribution < 1.29 is 4.84 Å². The van der Waals surface area contributed by atoms with Crippen molar-refractivity contribution in [1.82, 2.24) is 4.73 Å². The highest BCUT2D eigenvalue weighted by Crippen LogP contribution is 2.20. The number of isothiocyanates is 1. The molecule has 0 saturated carbocycles. The highest BCUT2D eigenvalue weighted by atomic mass is 32.1. The minimum Gasteiger partial charge on any atom is -0.417 e. The van der Waals surface area contributed by atoms with Crippen LogP contribution in [0.5, 0.6) is 0 Å². The maximum absolute atomic E-state index is 5.22. The summed E-state index contributed by atoms with van der Waals surface area (Å²) in [6.07, 6.45) is 1.92. The second kappa shape index (κ2) is 4.26. The van der Waals surface area contributed by atoms with Gasteiger partial charge in [0.1, 0.15) is 7.11 Å². The quantitative estimate of drug-likeness (QED) is 0.583. The van der Waals surface area contributed by atoms with Crippen LogP contribution in [0, 0.1) is 0 Å². The minimum atomic E-state index is 0.542. The van der Waals surface area contributed by atoms with Crippen LogP contribution in [0.3, 0.4) is 0 Å². The Labute approximate surface area is 92.9 Å². The predicted molar refractivity (Wildman–Crippen MR) is 63.2 cm³/mol. The predicted octanol–water partition coefficient (Wildman–Crippen LogP) is 2.30. The van der Waals surface area contributed by atoms with Crippen LogP contribution in [0.1, 0.15) is 5.56 Å². The smallest absolute Gasteiger partial charge is 0.104 e. The third-order valence-electron chi connectivity index (χ3n) is 2.27. The summed E-state index contributed by atoms with van der Waals surface area (Å²) in [5.74, 6) is 0. The van der Waals surface area contributed by atoms with E-state index >= 15 is 0 Å². The Balaban J connectivity index is 2.59. The Bertz CT molecular complexity index is 526. The van der Waals surface area contributed by atoms with Gasteiger partial charge in [-0.25, -0.2) is 4.99 Å². The molecule has 1 aromatic carbocycles. The van der Waals surface area contributed by atoms with Gasteiger partial charge in [-0.05, 0) is 18.3 Å². The average Bonchev–Trinajstić information content (AvgIpc) is 2.65. The Morgan fingerprint density at radius 2 is 2.27 bits per heavy atom. The van der Waals surface area contributed by atoms with Crippen LogP contribution >= 0.6 is 12.2 Å². The maximum Gasteiger partial charge on any atom is 0.104 e. The van der Waals surface area contributed by atoms with Crippen molar-refractivity contribution in [2.75, 3.05) is 7.11 Å². The lowest BCUT2D eigenvalue weighted by molar-refractivity contribution is 0.179. The molecule has 0 saturated heterocycles. The van der Waals surface area contributed by atoms with E-state index in [1.165, 1.54) is 0 Å². The molecule has 0 unspecified atom stereocenters. The second-order valence-electron chi connectivity index (χ2n) is 3.09. The first kappa shape index (κ1) is 9.90. The Hall–Kier alpha value is -1.64. The zero-order valence-electron chi connectivity index (χ0n) is 8.30. The number of fused-ring (bicyclic) bond motifs is 1. The summed E-state index contributed by atoms with van der Waals surface area (Å²) < 4.78 is 1.73. The topological polar surface area (TPSA) is 26.5 Å². The van der Waals surface area contributed by atoms with Gasteiger partial charge in [0.15, 0.2) is 0 Å². The highest BCUT2D eigenvalue weighted by molar-refractivity contribution is 7.78. The maximum atomic E-state index is 5.22. The monoisotopic (exact) mass is 218 g/mol. The van der Waals surface area contributed by atoms with E-state index in [9.17, 15) is 0 Å². The molecule has 0 aliphatic carbocycles. The van der Waals surface area contributed by atoms with Gasteiger partial charge in [-0.2, -0.15) is 4.73 Å². The molecule has 0 amide bonds. The van der Waals surface area contributed by atoms with E-state index in [2.05, 4.69) is 22.4 Å². The van der Waals surface area contributed by atoms with E-state index in [4.69, 9.17) is 4.84 Å². The third kappa shape index (κ3) is 1.77. The molecule has 0 aliphatic heterocycles. The minimum absolute atomic E-state index is 0.542. The van der Waals surface area contributed by atoms with E-state index in [1.807, 2.05) is 30.5 Å². The molecule has 0 bridgehead atoms. The van der Waals surface area contributed by atoms with Crippen LogP contribution in [-0.2, 0) is 6.54 Å². The van der Waals surface area contributed by atoms with Crippen molar-refractivity contribution in [3.63, 3.8) is 0 Å². The number of aromatic nitrogens is 1. The molecule has 0 atom stereocenters. The lowest BCUT2D eigenvalue weighted by Gasteiger charge is -2.00. The molecule has 0 fully saturated rings. The fourth-order valence-corrected chi connectivity index (χ4v) is 1.68. The molecule has 3 nitrogen and oxygen atoms in total. The van der Waals surface area contributed by atoms with Gasteiger partial charge >= 0.3 is 0 Å². The number of thiocarbonyl (C=S) groups is 1. The standard InChI is InChI=1S/C11H10N2OS/c1-14-13-7-9(6-12-8-15)10-4-2-3-5-11(10)13/h2-5,7H,6H2,1H3. The van der Waals surface area contributed by atoms with Gasteiger partial charge in [0, 0.05) is 17.1 Å². The van der Waals surface area contributed by atoms with Gasteiger partial charge < -0.3 is 4.84 Å². The molecule has 0 radical (unpaired) electrons. The van der Waals surface area contributed by atoms with Gasteiger partial charge in [-0.3, -0.25) is 0 Å².